The Labute approximate surface area is 113 Å². The monoisotopic (exact) mass is 286 g/mol. The first-order valence-corrected chi connectivity index (χ1v) is 8.29. The molecule has 1 aromatic heterocycles. The molecular weight excluding hydrogens is 268 g/mol. The second kappa shape index (κ2) is 6.32. The van der Waals surface area contributed by atoms with Gasteiger partial charge in [0.2, 0.25) is 10.0 Å². The van der Waals surface area contributed by atoms with E-state index < -0.39 is 15.3 Å². The SMILES string of the molecule is CCC(C#N)S(=O)(=O)NC(c1cccs1)C(C)C. The predicted octanol–water partition coefficient (Wildman–Crippen LogP) is 2.67. The molecule has 2 atom stereocenters. The van der Waals surface area contributed by atoms with Gasteiger partial charge >= 0.3 is 0 Å². The normalized spacial score (nSPS) is 15.3. The van der Waals surface area contributed by atoms with Crippen LogP contribution in [-0.4, -0.2) is 13.7 Å². The molecular formula is C12H18N2O2S2. The molecule has 18 heavy (non-hydrogen) atoms. The van der Waals surface area contributed by atoms with Crippen LogP contribution in [0.1, 0.15) is 38.1 Å². The van der Waals surface area contributed by atoms with Gasteiger partial charge in [-0.25, -0.2) is 13.1 Å². The Bertz CT molecular complexity index is 501. The van der Waals surface area contributed by atoms with Gasteiger partial charge in [-0.15, -0.1) is 11.3 Å². The van der Waals surface area contributed by atoms with E-state index in [-0.39, 0.29) is 12.0 Å². The summed E-state index contributed by atoms with van der Waals surface area (Å²) in [4.78, 5) is 0.973. The van der Waals surface area contributed by atoms with Crippen molar-refractivity contribution in [1.82, 2.24) is 4.72 Å². The Kier molecular flexibility index (Phi) is 5.32. The maximum Gasteiger partial charge on any atom is 0.228 e. The van der Waals surface area contributed by atoms with Crippen LogP contribution in [0.25, 0.3) is 0 Å². The van der Waals surface area contributed by atoms with E-state index in [1.807, 2.05) is 37.4 Å². The molecule has 1 rings (SSSR count). The molecule has 100 valence electrons. The second-order valence-corrected chi connectivity index (χ2v) is 7.30. The Morgan fingerprint density at radius 1 is 1.50 bits per heavy atom. The van der Waals surface area contributed by atoms with Crippen LogP contribution in [0.15, 0.2) is 17.5 Å². The highest BCUT2D eigenvalue weighted by Gasteiger charge is 2.29. The zero-order chi connectivity index (χ0) is 13.8. The average Bonchev–Trinajstić information content (AvgIpc) is 2.80. The van der Waals surface area contributed by atoms with Crippen molar-refractivity contribution in [2.24, 2.45) is 5.92 Å². The fourth-order valence-electron chi connectivity index (χ4n) is 1.63. The highest BCUT2D eigenvalue weighted by Crippen LogP contribution is 2.27. The third kappa shape index (κ3) is 3.55. The first kappa shape index (κ1) is 15.2. The van der Waals surface area contributed by atoms with Crippen molar-refractivity contribution in [1.29, 1.82) is 5.26 Å². The number of nitriles is 1. The number of nitrogens with one attached hydrogen (secondary N) is 1. The minimum Gasteiger partial charge on any atom is -0.211 e. The molecule has 2 unspecified atom stereocenters. The number of sulfonamides is 1. The van der Waals surface area contributed by atoms with Gasteiger partial charge < -0.3 is 0 Å². The minimum absolute atomic E-state index is 0.134. The summed E-state index contributed by atoms with van der Waals surface area (Å²) in [7, 11) is -3.60. The van der Waals surface area contributed by atoms with Gasteiger partial charge in [-0.05, 0) is 23.8 Å². The van der Waals surface area contributed by atoms with Crippen molar-refractivity contribution >= 4 is 21.4 Å². The molecule has 6 heteroatoms. The molecule has 0 spiro atoms. The van der Waals surface area contributed by atoms with Crippen LogP contribution in [-0.2, 0) is 10.0 Å². The van der Waals surface area contributed by atoms with E-state index in [0.717, 1.165) is 4.88 Å². The third-order valence-electron chi connectivity index (χ3n) is 2.70. The summed E-state index contributed by atoms with van der Waals surface area (Å²) in [6.45, 7) is 5.61. The maximum atomic E-state index is 12.1. The Morgan fingerprint density at radius 2 is 2.17 bits per heavy atom. The van der Waals surface area contributed by atoms with E-state index in [4.69, 9.17) is 5.26 Å². The van der Waals surface area contributed by atoms with Crippen LogP contribution < -0.4 is 4.72 Å². The van der Waals surface area contributed by atoms with Gasteiger partial charge in [-0.2, -0.15) is 5.26 Å². The Morgan fingerprint density at radius 3 is 2.56 bits per heavy atom. The molecule has 1 N–H and O–H groups in total. The Hall–Kier alpha value is -0.900. The van der Waals surface area contributed by atoms with Gasteiger partial charge in [0.15, 0.2) is 5.25 Å². The summed E-state index contributed by atoms with van der Waals surface area (Å²) in [5, 5.41) is 9.81. The van der Waals surface area contributed by atoms with Crippen molar-refractivity contribution in [2.75, 3.05) is 0 Å². The van der Waals surface area contributed by atoms with Crippen molar-refractivity contribution in [3.8, 4) is 6.07 Å². The summed E-state index contributed by atoms with van der Waals surface area (Å²) in [6.07, 6.45) is 0.293. The molecule has 0 saturated heterocycles. The van der Waals surface area contributed by atoms with E-state index in [0.29, 0.717) is 6.42 Å². The van der Waals surface area contributed by atoms with Crippen LogP contribution in [0.3, 0.4) is 0 Å². The summed E-state index contributed by atoms with van der Waals surface area (Å²) in [5.41, 5.74) is 0. The van der Waals surface area contributed by atoms with Crippen LogP contribution in [0.2, 0.25) is 0 Å². The lowest BCUT2D eigenvalue weighted by Crippen LogP contribution is -2.37. The minimum atomic E-state index is -3.60. The second-order valence-electron chi connectivity index (χ2n) is 4.43. The van der Waals surface area contributed by atoms with Crippen LogP contribution in [0.5, 0.6) is 0 Å². The molecule has 0 radical (unpaired) electrons. The lowest BCUT2D eigenvalue weighted by Gasteiger charge is -2.22. The van der Waals surface area contributed by atoms with Crippen molar-refractivity contribution in [3.63, 3.8) is 0 Å². The van der Waals surface area contributed by atoms with E-state index in [9.17, 15) is 8.42 Å². The molecule has 0 bridgehead atoms. The zero-order valence-corrected chi connectivity index (χ0v) is 12.4. The lowest BCUT2D eigenvalue weighted by atomic mass is 10.0. The summed E-state index contributed by atoms with van der Waals surface area (Å²) >= 11 is 1.52. The first-order chi connectivity index (χ1) is 8.42. The Balaban J connectivity index is 2.96. The topological polar surface area (TPSA) is 70.0 Å². The summed E-state index contributed by atoms with van der Waals surface area (Å²) in [5.74, 6) is 0.134. The molecule has 0 amide bonds. The van der Waals surface area contributed by atoms with E-state index >= 15 is 0 Å². The molecule has 1 aromatic rings. The fraction of sp³-hybridized carbons (Fsp3) is 0.583. The first-order valence-electron chi connectivity index (χ1n) is 5.86. The molecule has 0 saturated carbocycles. The van der Waals surface area contributed by atoms with Crippen molar-refractivity contribution < 1.29 is 8.42 Å². The van der Waals surface area contributed by atoms with E-state index in [2.05, 4.69) is 4.72 Å². The molecule has 0 aliphatic heterocycles. The molecule has 0 fully saturated rings. The summed E-state index contributed by atoms with van der Waals surface area (Å²) < 4.78 is 26.8. The number of hydrogen-bond acceptors (Lipinski definition) is 4. The highest BCUT2D eigenvalue weighted by atomic mass is 32.2. The highest BCUT2D eigenvalue weighted by molar-refractivity contribution is 7.90. The fourth-order valence-corrected chi connectivity index (χ4v) is 4.15. The molecule has 0 aliphatic carbocycles. The number of rotatable bonds is 6. The van der Waals surface area contributed by atoms with E-state index in [1.165, 1.54) is 11.3 Å². The average molecular weight is 286 g/mol. The standard InChI is InChI=1S/C12H18N2O2S2/c1-4-10(8-13)18(15,16)14-12(9(2)3)11-6-5-7-17-11/h5-7,9-10,12,14H,4H2,1-3H3. The van der Waals surface area contributed by atoms with Crippen LogP contribution in [0.4, 0.5) is 0 Å². The molecule has 1 heterocycles. The summed E-state index contributed by atoms with van der Waals surface area (Å²) in [6, 6.07) is 5.37. The third-order valence-corrected chi connectivity index (χ3v) is 5.42. The molecule has 4 nitrogen and oxygen atoms in total. The van der Waals surface area contributed by atoms with Gasteiger partial charge in [0.25, 0.3) is 0 Å². The van der Waals surface area contributed by atoms with E-state index in [1.54, 1.807) is 6.92 Å². The number of nitrogens with zero attached hydrogens (tertiary/aromatic N) is 1. The van der Waals surface area contributed by atoms with Gasteiger partial charge in [0.05, 0.1) is 12.1 Å². The van der Waals surface area contributed by atoms with Gasteiger partial charge in [0, 0.05) is 4.88 Å². The zero-order valence-electron chi connectivity index (χ0n) is 10.8. The van der Waals surface area contributed by atoms with Crippen molar-refractivity contribution in [2.45, 2.75) is 38.5 Å². The quantitative estimate of drug-likeness (QED) is 0.874. The van der Waals surface area contributed by atoms with Gasteiger partial charge in [0.1, 0.15) is 0 Å². The maximum absolute atomic E-state index is 12.1. The predicted molar refractivity (Wildman–Crippen MR) is 73.6 cm³/mol. The van der Waals surface area contributed by atoms with Gasteiger partial charge in [-0.1, -0.05) is 26.8 Å². The van der Waals surface area contributed by atoms with Crippen molar-refractivity contribution in [3.05, 3.63) is 22.4 Å². The number of hydrogen-bond donors (Lipinski definition) is 1. The van der Waals surface area contributed by atoms with Crippen LogP contribution >= 0.6 is 11.3 Å². The lowest BCUT2D eigenvalue weighted by molar-refractivity contribution is 0.466. The number of thiophene rings is 1. The smallest absolute Gasteiger partial charge is 0.211 e. The van der Waals surface area contributed by atoms with Gasteiger partial charge in [-0.3, -0.25) is 0 Å². The van der Waals surface area contributed by atoms with Crippen LogP contribution in [0, 0.1) is 17.2 Å². The largest absolute Gasteiger partial charge is 0.228 e. The molecule has 0 aliphatic rings. The molecule has 0 aromatic carbocycles.